The van der Waals surface area contributed by atoms with Crippen LogP contribution in [0.1, 0.15) is 11.1 Å². The second-order valence-corrected chi connectivity index (χ2v) is 5.49. The molecule has 0 spiro atoms. The summed E-state index contributed by atoms with van der Waals surface area (Å²) < 4.78 is 0. The van der Waals surface area contributed by atoms with Crippen molar-refractivity contribution < 1.29 is 4.79 Å². The molecule has 4 heteroatoms. The molecule has 0 unspecified atom stereocenters. The number of nitrogens with one attached hydrogen (secondary N) is 1. The van der Waals surface area contributed by atoms with Gasteiger partial charge in [-0.1, -0.05) is 35.9 Å². The van der Waals surface area contributed by atoms with E-state index in [0.717, 1.165) is 22.5 Å². The Morgan fingerprint density at radius 2 is 1.86 bits per heavy atom. The highest BCUT2D eigenvalue weighted by atomic mass is 35.5. The van der Waals surface area contributed by atoms with Crippen molar-refractivity contribution in [2.75, 3.05) is 23.8 Å². The summed E-state index contributed by atoms with van der Waals surface area (Å²) in [5.74, 6) is -0.0164. The molecule has 2 rings (SSSR count). The lowest BCUT2D eigenvalue weighted by Gasteiger charge is -2.19. The predicted octanol–water partition coefficient (Wildman–Crippen LogP) is 4.03. The first-order valence-corrected chi connectivity index (χ1v) is 7.19. The predicted molar refractivity (Wildman–Crippen MR) is 89.3 cm³/mol. The molecule has 0 aliphatic heterocycles. The van der Waals surface area contributed by atoms with Crippen molar-refractivity contribution in [1.82, 2.24) is 0 Å². The molecule has 2 aromatic rings. The van der Waals surface area contributed by atoms with E-state index in [1.54, 1.807) is 11.9 Å². The van der Waals surface area contributed by atoms with Crippen molar-refractivity contribution in [2.24, 2.45) is 0 Å². The van der Waals surface area contributed by atoms with Gasteiger partial charge in [0.2, 0.25) is 5.91 Å². The minimum absolute atomic E-state index is 0.0164. The number of hydrogen-bond donors (Lipinski definition) is 1. The molecule has 21 heavy (non-hydrogen) atoms. The molecule has 0 heterocycles. The Balaban J connectivity index is 2.05. The Morgan fingerprint density at radius 1 is 1.19 bits per heavy atom. The quantitative estimate of drug-likeness (QED) is 0.924. The number of halogens is 1. The number of hydrogen-bond acceptors (Lipinski definition) is 2. The van der Waals surface area contributed by atoms with Crippen molar-refractivity contribution in [2.45, 2.75) is 13.8 Å². The Hall–Kier alpha value is -2.00. The second-order valence-electron chi connectivity index (χ2n) is 5.08. The fourth-order valence-corrected chi connectivity index (χ4v) is 2.61. The van der Waals surface area contributed by atoms with Crippen LogP contribution in [0.15, 0.2) is 42.5 Å². The van der Waals surface area contributed by atoms with E-state index >= 15 is 0 Å². The normalized spacial score (nSPS) is 10.3. The van der Waals surface area contributed by atoms with Gasteiger partial charge >= 0.3 is 0 Å². The van der Waals surface area contributed by atoms with E-state index < -0.39 is 0 Å². The standard InChI is InChI=1S/C17H19ClN2O/c1-12-9-13(2)17(15(18)10-12)19-11-16(21)20(3)14-7-5-4-6-8-14/h4-10,19H,11H2,1-3H3. The average molecular weight is 303 g/mol. The van der Waals surface area contributed by atoms with Gasteiger partial charge in [-0.3, -0.25) is 4.79 Å². The molecule has 2 aromatic carbocycles. The Labute approximate surface area is 130 Å². The van der Waals surface area contributed by atoms with Crippen LogP contribution in [0.3, 0.4) is 0 Å². The van der Waals surface area contributed by atoms with Crippen molar-refractivity contribution in [3.05, 3.63) is 58.6 Å². The fourth-order valence-electron chi connectivity index (χ4n) is 2.22. The average Bonchev–Trinajstić information content (AvgIpc) is 2.46. The number of aryl methyl sites for hydroxylation is 2. The van der Waals surface area contributed by atoms with E-state index in [9.17, 15) is 4.79 Å². The number of benzene rings is 2. The largest absolute Gasteiger partial charge is 0.375 e. The molecule has 0 bridgehead atoms. The minimum Gasteiger partial charge on any atom is -0.375 e. The molecule has 0 atom stereocenters. The van der Waals surface area contributed by atoms with Gasteiger partial charge < -0.3 is 10.2 Å². The molecule has 110 valence electrons. The Bertz CT molecular complexity index is 617. The first-order chi connectivity index (χ1) is 9.99. The monoisotopic (exact) mass is 302 g/mol. The van der Waals surface area contributed by atoms with Gasteiger partial charge in [0, 0.05) is 12.7 Å². The topological polar surface area (TPSA) is 32.3 Å². The summed E-state index contributed by atoms with van der Waals surface area (Å²) in [6.07, 6.45) is 0. The lowest BCUT2D eigenvalue weighted by Crippen LogP contribution is -2.32. The van der Waals surface area contributed by atoms with E-state index in [4.69, 9.17) is 11.6 Å². The molecule has 1 amide bonds. The minimum atomic E-state index is -0.0164. The molecular weight excluding hydrogens is 284 g/mol. The van der Waals surface area contributed by atoms with Crippen LogP contribution >= 0.6 is 11.6 Å². The highest BCUT2D eigenvalue weighted by molar-refractivity contribution is 6.33. The third kappa shape index (κ3) is 3.76. The summed E-state index contributed by atoms with van der Waals surface area (Å²) in [7, 11) is 1.77. The van der Waals surface area contributed by atoms with Crippen LogP contribution in [0.25, 0.3) is 0 Å². The molecule has 0 radical (unpaired) electrons. The molecule has 0 aliphatic rings. The van der Waals surface area contributed by atoms with E-state index in [-0.39, 0.29) is 12.5 Å². The Kier molecular flexibility index (Phi) is 4.86. The maximum atomic E-state index is 12.2. The molecule has 0 saturated carbocycles. The number of amides is 1. The number of carbonyl (C=O) groups excluding carboxylic acids is 1. The molecule has 1 N–H and O–H groups in total. The van der Waals surface area contributed by atoms with E-state index in [1.165, 1.54) is 0 Å². The van der Waals surface area contributed by atoms with Gasteiger partial charge in [0.1, 0.15) is 0 Å². The summed E-state index contributed by atoms with van der Waals surface area (Å²) in [6, 6.07) is 13.5. The lowest BCUT2D eigenvalue weighted by atomic mass is 10.1. The molecular formula is C17H19ClN2O. The first-order valence-electron chi connectivity index (χ1n) is 6.81. The maximum absolute atomic E-state index is 12.2. The highest BCUT2D eigenvalue weighted by Crippen LogP contribution is 2.27. The SMILES string of the molecule is Cc1cc(C)c(NCC(=O)N(C)c2ccccc2)c(Cl)c1. The first kappa shape index (κ1) is 15.4. The third-order valence-electron chi connectivity index (χ3n) is 3.37. The van der Waals surface area contributed by atoms with E-state index in [0.29, 0.717) is 5.02 Å². The van der Waals surface area contributed by atoms with Crippen LogP contribution in [0.4, 0.5) is 11.4 Å². The van der Waals surface area contributed by atoms with Crippen LogP contribution in [0, 0.1) is 13.8 Å². The number of nitrogens with zero attached hydrogens (tertiary/aromatic N) is 1. The van der Waals surface area contributed by atoms with Crippen molar-refractivity contribution >= 4 is 28.9 Å². The molecule has 0 fully saturated rings. The van der Waals surface area contributed by atoms with Gasteiger partial charge in [-0.15, -0.1) is 0 Å². The van der Waals surface area contributed by atoms with Crippen LogP contribution < -0.4 is 10.2 Å². The van der Waals surface area contributed by atoms with Gasteiger partial charge in [-0.25, -0.2) is 0 Å². The summed E-state index contributed by atoms with van der Waals surface area (Å²) in [4.78, 5) is 13.9. The van der Waals surface area contributed by atoms with Gasteiger partial charge in [-0.2, -0.15) is 0 Å². The number of likely N-dealkylation sites (N-methyl/N-ethyl adjacent to an activating group) is 1. The summed E-state index contributed by atoms with van der Waals surface area (Å²) in [5, 5.41) is 3.78. The summed E-state index contributed by atoms with van der Waals surface area (Å²) in [6.45, 7) is 4.18. The Morgan fingerprint density at radius 3 is 2.48 bits per heavy atom. The van der Waals surface area contributed by atoms with Crippen molar-refractivity contribution in [1.29, 1.82) is 0 Å². The number of rotatable bonds is 4. The summed E-state index contributed by atoms with van der Waals surface area (Å²) >= 11 is 6.23. The highest BCUT2D eigenvalue weighted by Gasteiger charge is 2.12. The molecule has 3 nitrogen and oxygen atoms in total. The van der Waals surface area contributed by atoms with E-state index in [2.05, 4.69) is 5.32 Å². The number of anilines is 2. The van der Waals surface area contributed by atoms with Crippen molar-refractivity contribution in [3.8, 4) is 0 Å². The second kappa shape index (κ2) is 6.64. The zero-order valence-corrected chi connectivity index (χ0v) is 13.2. The van der Waals surface area contributed by atoms with Crippen LogP contribution in [0.5, 0.6) is 0 Å². The molecule has 0 saturated heterocycles. The maximum Gasteiger partial charge on any atom is 0.246 e. The smallest absolute Gasteiger partial charge is 0.246 e. The zero-order valence-electron chi connectivity index (χ0n) is 12.5. The van der Waals surface area contributed by atoms with Gasteiger partial charge in [0.15, 0.2) is 0 Å². The zero-order chi connectivity index (χ0) is 15.4. The molecule has 0 aromatic heterocycles. The van der Waals surface area contributed by atoms with Crippen LogP contribution in [-0.2, 0) is 4.79 Å². The lowest BCUT2D eigenvalue weighted by molar-refractivity contribution is -0.116. The third-order valence-corrected chi connectivity index (χ3v) is 3.66. The number of para-hydroxylation sites is 1. The van der Waals surface area contributed by atoms with Gasteiger partial charge in [0.05, 0.1) is 17.3 Å². The van der Waals surface area contributed by atoms with Crippen molar-refractivity contribution in [3.63, 3.8) is 0 Å². The van der Waals surface area contributed by atoms with Crippen LogP contribution in [-0.4, -0.2) is 19.5 Å². The van der Waals surface area contributed by atoms with Crippen LogP contribution in [0.2, 0.25) is 5.02 Å². The molecule has 0 aliphatic carbocycles. The fraction of sp³-hybridized carbons (Fsp3) is 0.235. The van der Waals surface area contributed by atoms with E-state index in [1.807, 2.05) is 56.3 Å². The van der Waals surface area contributed by atoms with Gasteiger partial charge in [-0.05, 0) is 43.2 Å². The summed E-state index contributed by atoms with van der Waals surface area (Å²) in [5.41, 5.74) is 3.83. The van der Waals surface area contributed by atoms with Gasteiger partial charge in [0.25, 0.3) is 0 Å². The number of carbonyl (C=O) groups is 1.